The van der Waals surface area contributed by atoms with Crippen LogP contribution in [-0.2, 0) is 16.0 Å². The van der Waals surface area contributed by atoms with Crippen molar-refractivity contribution in [3.05, 3.63) is 59.1 Å². The van der Waals surface area contributed by atoms with Gasteiger partial charge in [0.15, 0.2) is 23.1 Å². The van der Waals surface area contributed by atoms with Crippen LogP contribution in [0.25, 0.3) is 6.08 Å². The van der Waals surface area contributed by atoms with Gasteiger partial charge in [-0.1, -0.05) is 45.2 Å². The first-order chi connectivity index (χ1) is 17.0. The third kappa shape index (κ3) is 9.89. The number of carbonyl (C=O) groups is 1. The lowest BCUT2D eigenvalue weighted by Crippen LogP contribution is -2.06. The van der Waals surface area contributed by atoms with Crippen molar-refractivity contribution in [2.24, 2.45) is 0 Å². The molecule has 2 aromatic rings. The van der Waals surface area contributed by atoms with Crippen LogP contribution in [0.4, 0.5) is 4.39 Å². The summed E-state index contributed by atoms with van der Waals surface area (Å²) in [5, 5.41) is 9.30. The fraction of sp³-hybridized carbons (Fsp3) is 0.464. The summed E-state index contributed by atoms with van der Waals surface area (Å²) in [5.41, 5.74) is 1.44. The number of carboxylic acids is 1. The highest BCUT2D eigenvalue weighted by molar-refractivity contribution is 5.90. The number of unbranched alkanes of at least 4 members (excludes halogenated alkanes) is 3. The summed E-state index contributed by atoms with van der Waals surface area (Å²) in [6.07, 6.45) is 6.88. The fourth-order valence-corrected chi connectivity index (χ4v) is 3.27. The number of rotatable bonds is 17. The molecule has 1 N–H and O–H groups in total. The summed E-state index contributed by atoms with van der Waals surface area (Å²) in [6.45, 7) is 7.52. The van der Waals surface area contributed by atoms with E-state index >= 15 is 0 Å². The van der Waals surface area contributed by atoms with E-state index in [1.807, 2.05) is 6.07 Å². The number of hydrogen-bond donors (Lipinski definition) is 1. The Balaban J connectivity index is 2.05. The number of aliphatic carboxylic acids is 1. The van der Waals surface area contributed by atoms with E-state index in [2.05, 4.69) is 13.8 Å². The molecule has 0 aliphatic heterocycles. The smallest absolute Gasteiger partial charge is 0.371 e. The first-order valence-corrected chi connectivity index (χ1v) is 12.4. The van der Waals surface area contributed by atoms with Crippen molar-refractivity contribution in [3.63, 3.8) is 0 Å². The zero-order chi connectivity index (χ0) is 25.5. The predicted molar refractivity (Wildman–Crippen MR) is 135 cm³/mol. The molecule has 0 atom stereocenters. The minimum absolute atomic E-state index is 0.138. The van der Waals surface area contributed by atoms with Gasteiger partial charge in [-0.3, -0.25) is 0 Å². The van der Waals surface area contributed by atoms with Crippen molar-refractivity contribution >= 4 is 12.0 Å². The summed E-state index contributed by atoms with van der Waals surface area (Å²) in [7, 11) is 0. The normalized spacial score (nSPS) is 11.3. The Morgan fingerprint density at radius 1 is 0.857 bits per heavy atom. The van der Waals surface area contributed by atoms with Crippen LogP contribution >= 0.6 is 0 Å². The monoisotopic (exact) mass is 488 g/mol. The molecule has 0 radical (unpaired) electrons. The van der Waals surface area contributed by atoms with Gasteiger partial charge < -0.3 is 24.1 Å². The van der Waals surface area contributed by atoms with Crippen LogP contribution in [0.5, 0.6) is 17.2 Å². The van der Waals surface area contributed by atoms with Crippen LogP contribution in [-0.4, -0.2) is 37.5 Å². The molecule has 7 heteroatoms. The van der Waals surface area contributed by atoms with Crippen LogP contribution in [0.1, 0.15) is 64.0 Å². The highest BCUT2D eigenvalue weighted by Gasteiger charge is 2.12. The molecule has 0 spiro atoms. The van der Waals surface area contributed by atoms with E-state index in [1.165, 1.54) is 12.1 Å². The lowest BCUT2D eigenvalue weighted by molar-refractivity contribution is -0.136. The largest absolute Gasteiger partial charge is 0.491 e. The van der Waals surface area contributed by atoms with E-state index < -0.39 is 5.97 Å². The molecule has 0 unspecified atom stereocenters. The SMILES string of the molecule is CCCCCOc1ccc(CCOc2ccc(/C=C(/OCC)C(=O)O)cc2OCCCC)cc1F. The van der Waals surface area contributed by atoms with E-state index in [9.17, 15) is 14.3 Å². The second-order valence-corrected chi connectivity index (χ2v) is 8.07. The minimum Gasteiger partial charge on any atom is -0.491 e. The predicted octanol–water partition coefficient (Wildman–Crippen LogP) is 6.66. The Labute approximate surface area is 207 Å². The molecule has 192 valence electrons. The number of benzene rings is 2. The summed E-state index contributed by atoms with van der Waals surface area (Å²) >= 11 is 0. The molecule has 0 aliphatic rings. The van der Waals surface area contributed by atoms with Gasteiger partial charge in [0, 0.05) is 6.42 Å². The first kappa shape index (κ1) is 28.0. The van der Waals surface area contributed by atoms with Crippen LogP contribution in [0.3, 0.4) is 0 Å². The molecule has 0 aromatic heterocycles. The highest BCUT2D eigenvalue weighted by atomic mass is 19.1. The molecule has 6 nitrogen and oxygen atoms in total. The van der Waals surface area contributed by atoms with Crippen LogP contribution in [0, 0.1) is 5.82 Å². The van der Waals surface area contributed by atoms with Crippen LogP contribution in [0.2, 0.25) is 0 Å². The Morgan fingerprint density at radius 2 is 1.54 bits per heavy atom. The maximum absolute atomic E-state index is 14.4. The van der Waals surface area contributed by atoms with E-state index in [0.717, 1.165) is 37.7 Å². The molecular formula is C28H37FO6. The average molecular weight is 489 g/mol. The number of ether oxygens (including phenoxy) is 4. The Hall–Kier alpha value is -3.22. The molecule has 0 heterocycles. The molecule has 0 amide bonds. The number of carboxylic acid groups (broad SMARTS) is 1. The lowest BCUT2D eigenvalue weighted by atomic mass is 10.1. The van der Waals surface area contributed by atoms with Crippen molar-refractivity contribution in [2.75, 3.05) is 26.4 Å². The van der Waals surface area contributed by atoms with Crippen molar-refractivity contribution in [3.8, 4) is 17.2 Å². The van der Waals surface area contributed by atoms with Gasteiger partial charge in [0.25, 0.3) is 0 Å². The zero-order valence-corrected chi connectivity index (χ0v) is 21.0. The van der Waals surface area contributed by atoms with Crippen LogP contribution in [0.15, 0.2) is 42.2 Å². The van der Waals surface area contributed by atoms with Crippen molar-refractivity contribution < 1.29 is 33.2 Å². The van der Waals surface area contributed by atoms with E-state index in [-0.39, 0.29) is 23.9 Å². The summed E-state index contributed by atoms with van der Waals surface area (Å²) in [4.78, 5) is 11.4. The van der Waals surface area contributed by atoms with E-state index in [0.29, 0.717) is 43.3 Å². The van der Waals surface area contributed by atoms with E-state index in [4.69, 9.17) is 18.9 Å². The molecule has 0 aliphatic carbocycles. The fourth-order valence-electron chi connectivity index (χ4n) is 3.27. The van der Waals surface area contributed by atoms with Gasteiger partial charge in [0.1, 0.15) is 0 Å². The molecule has 2 rings (SSSR count). The topological polar surface area (TPSA) is 74.2 Å². The standard InChI is InChI=1S/C28H37FO6/c1-4-7-9-16-33-24-12-10-21(18-23(24)29)14-17-35-25-13-11-22(19-26(25)34-15-8-5-2)20-27(28(30)31)32-6-3/h10-13,18-20H,4-9,14-17H2,1-3H3,(H,30,31)/b27-20+. The molecule has 0 fully saturated rings. The second-order valence-electron chi connectivity index (χ2n) is 8.07. The zero-order valence-electron chi connectivity index (χ0n) is 21.0. The van der Waals surface area contributed by atoms with Gasteiger partial charge in [0.05, 0.1) is 26.4 Å². The maximum Gasteiger partial charge on any atom is 0.371 e. The lowest BCUT2D eigenvalue weighted by Gasteiger charge is -2.14. The molecule has 2 aromatic carbocycles. The summed E-state index contributed by atoms with van der Waals surface area (Å²) < 4.78 is 36.9. The van der Waals surface area contributed by atoms with Gasteiger partial charge in [-0.25, -0.2) is 9.18 Å². The summed E-state index contributed by atoms with van der Waals surface area (Å²) in [6, 6.07) is 10.2. The van der Waals surface area contributed by atoms with Gasteiger partial charge in [-0.15, -0.1) is 0 Å². The highest BCUT2D eigenvalue weighted by Crippen LogP contribution is 2.30. The molecule has 35 heavy (non-hydrogen) atoms. The third-order valence-corrected chi connectivity index (χ3v) is 5.18. The van der Waals surface area contributed by atoms with Gasteiger partial charge in [-0.2, -0.15) is 0 Å². The maximum atomic E-state index is 14.4. The molecular weight excluding hydrogens is 451 g/mol. The average Bonchev–Trinajstić information content (AvgIpc) is 2.84. The van der Waals surface area contributed by atoms with Gasteiger partial charge in [0.2, 0.25) is 5.76 Å². The molecule has 0 bridgehead atoms. The number of hydrogen-bond acceptors (Lipinski definition) is 5. The second kappa shape index (κ2) is 15.6. The molecule has 0 saturated carbocycles. The van der Waals surface area contributed by atoms with Gasteiger partial charge >= 0.3 is 5.97 Å². The Morgan fingerprint density at radius 3 is 2.23 bits per heavy atom. The Bertz CT molecular complexity index is 956. The van der Waals surface area contributed by atoms with Crippen LogP contribution < -0.4 is 14.2 Å². The van der Waals surface area contributed by atoms with Crippen molar-refractivity contribution in [1.29, 1.82) is 0 Å². The minimum atomic E-state index is -1.13. The number of halogens is 1. The third-order valence-electron chi connectivity index (χ3n) is 5.18. The molecule has 0 saturated heterocycles. The van der Waals surface area contributed by atoms with E-state index in [1.54, 1.807) is 31.2 Å². The van der Waals surface area contributed by atoms with Crippen molar-refractivity contribution in [1.82, 2.24) is 0 Å². The quantitative estimate of drug-likeness (QED) is 0.153. The first-order valence-electron chi connectivity index (χ1n) is 12.4. The van der Waals surface area contributed by atoms with Gasteiger partial charge in [-0.05, 0) is 61.2 Å². The Kier molecular flexibility index (Phi) is 12.5. The summed E-state index contributed by atoms with van der Waals surface area (Å²) in [5.74, 6) is -0.305. The van der Waals surface area contributed by atoms with Crippen molar-refractivity contribution in [2.45, 2.75) is 59.3 Å².